The fourth-order valence-electron chi connectivity index (χ4n) is 2.88. The van der Waals surface area contributed by atoms with Crippen molar-refractivity contribution in [1.82, 2.24) is 15.3 Å². The third-order valence-corrected chi connectivity index (χ3v) is 3.57. The number of rotatable bonds is 1. The molecule has 0 unspecified atom stereocenters. The van der Waals surface area contributed by atoms with Gasteiger partial charge in [-0.15, -0.1) is 0 Å². The van der Waals surface area contributed by atoms with Gasteiger partial charge in [-0.25, -0.2) is 9.97 Å². The Bertz CT molecular complexity index is 427. The van der Waals surface area contributed by atoms with Gasteiger partial charge in [-0.2, -0.15) is 0 Å². The van der Waals surface area contributed by atoms with E-state index in [2.05, 4.69) is 34.0 Å². The molecule has 1 aromatic heterocycles. The zero-order chi connectivity index (χ0) is 12.5. The topological polar surface area (TPSA) is 50.3 Å². The van der Waals surface area contributed by atoms with Crippen molar-refractivity contribution in [2.45, 2.75) is 39.0 Å². The number of fused-ring (bicyclic) bond motifs is 1. The van der Waals surface area contributed by atoms with E-state index in [0.717, 1.165) is 38.4 Å². The Labute approximate surface area is 108 Å². The van der Waals surface area contributed by atoms with Crippen molar-refractivity contribution in [3.8, 4) is 0 Å². The van der Waals surface area contributed by atoms with Crippen molar-refractivity contribution >= 4 is 5.82 Å². The zero-order valence-electron chi connectivity index (χ0n) is 11.0. The highest BCUT2D eigenvalue weighted by Gasteiger charge is 2.26. The van der Waals surface area contributed by atoms with Crippen molar-refractivity contribution in [2.24, 2.45) is 0 Å². The van der Waals surface area contributed by atoms with Gasteiger partial charge in [0, 0.05) is 38.2 Å². The number of hydrogen-bond acceptors (Lipinski definition) is 5. The molecule has 18 heavy (non-hydrogen) atoms. The molecule has 0 aliphatic carbocycles. The third kappa shape index (κ3) is 2.20. The Kier molecular flexibility index (Phi) is 3.18. The van der Waals surface area contributed by atoms with Crippen molar-refractivity contribution in [3.63, 3.8) is 0 Å². The smallest absolute Gasteiger partial charge is 0.136 e. The summed E-state index contributed by atoms with van der Waals surface area (Å²) in [5, 5.41) is 3.40. The Morgan fingerprint density at radius 2 is 2.06 bits per heavy atom. The largest absolute Gasteiger partial charge is 0.372 e. The van der Waals surface area contributed by atoms with E-state index < -0.39 is 0 Å². The molecule has 2 aliphatic rings. The number of aromatic nitrogens is 2. The molecule has 0 saturated carbocycles. The SMILES string of the molecule is C[C@@H]1CN(c2ncnc3c2CNCC3)C[C@H](C)O1. The van der Waals surface area contributed by atoms with Crippen LogP contribution in [0.1, 0.15) is 25.1 Å². The van der Waals surface area contributed by atoms with Crippen molar-refractivity contribution in [3.05, 3.63) is 17.6 Å². The van der Waals surface area contributed by atoms with Crippen LogP contribution in [0.5, 0.6) is 0 Å². The highest BCUT2D eigenvalue weighted by atomic mass is 16.5. The van der Waals surface area contributed by atoms with Gasteiger partial charge in [0.05, 0.1) is 17.9 Å². The summed E-state index contributed by atoms with van der Waals surface area (Å²) in [6.07, 6.45) is 3.22. The number of morpholine rings is 1. The molecular formula is C13H20N4O. The average Bonchev–Trinajstić information content (AvgIpc) is 2.37. The Hall–Kier alpha value is -1.20. The second-order valence-electron chi connectivity index (χ2n) is 5.21. The van der Waals surface area contributed by atoms with Gasteiger partial charge in [0.1, 0.15) is 12.1 Å². The first-order valence-electron chi connectivity index (χ1n) is 6.68. The summed E-state index contributed by atoms with van der Waals surface area (Å²) in [7, 11) is 0. The highest BCUT2D eigenvalue weighted by molar-refractivity contribution is 5.50. The van der Waals surface area contributed by atoms with Gasteiger partial charge in [-0.3, -0.25) is 0 Å². The van der Waals surface area contributed by atoms with Gasteiger partial charge in [-0.05, 0) is 13.8 Å². The van der Waals surface area contributed by atoms with E-state index in [4.69, 9.17) is 4.74 Å². The van der Waals surface area contributed by atoms with Crippen LogP contribution in [-0.4, -0.2) is 41.8 Å². The van der Waals surface area contributed by atoms with Crippen LogP contribution in [0.4, 0.5) is 5.82 Å². The van der Waals surface area contributed by atoms with Crippen molar-refractivity contribution in [2.75, 3.05) is 24.5 Å². The van der Waals surface area contributed by atoms with Crippen LogP contribution in [0.2, 0.25) is 0 Å². The first-order valence-corrected chi connectivity index (χ1v) is 6.68. The lowest BCUT2D eigenvalue weighted by Gasteiger charge is -2.37. The summed E-state index contributed by atoms with van der Waals surface area (Å²) >= 11 is 0. The molecule has 3 rings (SSSR count). The molecule has 2 atom stereocenters. The number of anilines is 1. The van der Waals surface area contributed by atoms with Crippen LogP contribution in [0.3, 0.4) is 0 Å². The molecule has 0 aromatic carbocycles. The average molecular weight is 248 g/mol. The minimum absolute atomic E-state index is 0.260. The van der Waals surface area contributed by atoms with E-state index in [1.807, 2.05) is 0 Å². The van der Waals surface area contributed by atoms with Crippen LogP contribution in [0.25, 0.3) is 0 Å². The van der Waals surface area contributed by atoms with Gasteiger partial charge in [0.25, 0.3) is 0 Å². The second kappa shape index (κ2) is 4.82. The molecule has 98 valence electrons. The molecule has 5 heteroatoms. The summed E-state index contributed by atoms with van der Waals surface area (Å²) in [6, 6.07) is 0. The summed E-state index contributed by atoms with van der Waals surface area (Å²) in [5.41, 5.74) is 2.47. The molecule has 5 nitrogen and oxygen atoms in total. The maximum atomic E-state index is 5.78. The fourth-order valence-corrected chi connectivity index (χ4v) is 2.88. The predicted molar refractivity (Wildman–Crippen MR) is 69.7 cm³/mol. The first-order chi connectivity index (χ1) is 8.74. The summed E-state index contributed by atoms with van der Waals surface area (Å²) < 4.78 is 5.78. The molecule has 0 bridgehead atoms. The molecule has 0 spiro atoms. The third-order valence-electron chi connectivity index (χ3n) is 3.57. The monoisotopic (exact) mass is 248 g/mol. The van der Waals surface area contributed by atoms with E-state index >= 15 is 0 Å². The molecule has 3 heterocycles. The lowest BCUT2D eigenvalue weighted by Crippen LogP contribution is -2.46. The Morgan fingerprint density at radius 3 is 2.83 bits per heavy atom. The van der Waals surface area contributed by atoms with Crippen molar-refractivity contribution in [1.29, 1.82) is 0 Å². The second-order valence-corrected chi connectivity index (χ2v) is 5.21. The van der Waals surface area contributed by atoms with Crippen molar-refractivity contribution < 1.29 is 4.74 Å². The lowest BCUT2D eigenvalue weighted by atomic mass is 10.1. The quantitative estimate of drug-likeness (QED) is 0.794. The molecule has 0 amide bonds. The number of nitrogens with one attached hydrogen (secondary N) is 1. The van der Waals surface area contributed by atoms with E-state index in [0.29, 0.717) is 0 Å². The van der Waals surface area contributed by atoms with E-state index in [1.165, 1.54) is 11.3 Å². The molecular weight excluding hydrogens is 228 g/mol. The number of hydrogen-bond donors (Lipinski definition) is 1. The molecule has 1 fully saturated rings. The summed E-state index contributed by atoms with van der Waals surface area (Å²) in [5.74, 6) is 1.09. The Morgan fingerprint density at radius 1 is 1.28 bits per heavy atom. The molecule has 0 radical (unpaired) electrons. The van der Waals surface area contributed by atoms with E-state index in [1.54, 1.807) is 6.33 Å². The highest BCUT2D eigenvalue weighted by Crippen LogP contribution is 2.25. The van der Waals surface area contributed by atoms with Crippen LogP contribution in [0.15, 0.2) is 6.33 Å². The van der Waals surface area contributed by atoms with Crippen LogP contribution in [0, 0.1) is 0 Å². The Balaban J connectivity index is 1.91. The molecule has 2 aliphatic heterocycles. The minimum Gasteiger partial charge on any atom is -0.372 e. The summed E-state index contributed by atoms with van der Waals surface area (Å²) in [4.78, 5) is 11.2. The van der Waals surface area contributed by atoms with Crippen LogP contribution >= 0.6 is 0 Å². The van der Waals surface area contributed by atoms with E-state index in [9.17, 15) is 0 Å². The fraction of sp³-hybridized carbons (Fsp3) is 0.692. The standard InChI is InChI=1S/C13H20N4O/c1-9-6-17(7-10(2)18-9)13-11-5-14-4-3-12(11)15-8-16-13/h8-10,14H,3-7H2,1-2H3/t9-,10+. The molecule has 1 saturated heterocycles. The van der Waals surface area contributed by atoms with Gasteiger partial charge >= 0.3 is 0 Å². The minimum atomic E-state index is 0.260. The zero-order valence-corrected chi connectivity index (χ0v) is 11.0. The van der Waals surface area contributed by atoms with Crippen LogP contribution in [-0.2, 0) is 17.7 Å². The van der Waals surface area contributed by atoms with Gasteiger partial charge in [-0.1, -0.05) is 0 Å². The lowest BCUT2D eigenvalue weighted by molar-refractivity contribution is -0.00553. The predicted octanol–water partition coefficient (Wildman–Crippen LogP) is 0.736. The number of nitrogens with zero attached hydrogens (tertiary/aromatic N) is 3. The van der Waals surface area contributed by atoms with Crippen LogP contribution < -0.4 is 10.2 Å². The maximum absolute atomic E-state index is 5.78. The van der Waals surface area contributed by atoms with Gasteiger partial charge in [0.2, 0.25) is 0 Å². The molecule has 1 aromatic rings. The van der Waals surface area contributed by atoms with Gasteiger partial charge < -0.3 is 15.0 Å². The van der Waals surface area contributed by atoms with E-state index in [-0.39, 0.29) is 12.2 Å². The maximum Gasteiger partial charge on any atom is 0.136 e. The van der Waals surface area contributed by atoms with Gasteiger partial charge in [0.15, 0.2) is 0 Å². The summed E-state index contributed by atoms with van der Waals surface area (Å²) in [6.45, 7) is 7.95. The first kappa shape index (κ1) is 11.9. The number of ether oxygens (including phenoxy) is 1. The normalized spacial score (nSPS) is 28.0. The molecule has 1 N–H and O–H groups in total.